The molecular formula is C14H19NO2. The van der Waals surface area contributed by atoms with E-state index in [1.165, 1.54) is 16.7 Å². The average molecular weight is 233 g/mol. The van der Waals surface area contributed by atoms with E-state index in [1.807, 2.05) is 0 Å². The Morgan fingerprint density at radius 2 is 2.18 bits per heavy atom. The van der Waals surface area contributed by atoms with Crippen LogP contribution in [0.2, 0.25) is 0 Å². The summed E-state index contributed by atoms with van der Waals surface area (Å²) in [5, 5.41) is 8.95. The van der Waals surface area contributed by atoms with E-state index in [0.29, 0.717) is 6.54 Å². The number of carbonyl (C=O) groups is 1. The molecule has 1 atom stereocenters. The van der Waals surface area contributed by atoms with E-state index in [0.717, 1.165) is 19.5 Å². The first kappa shape index (κ1) is 12.1. The minimum absolute atomic E-state index is 0.179. The Balaban J connectivity index is 1.98. The second kappa shape index (κ2) is 4.88. The average Bonchev–Trinajstić information content (AvgIpc) is 2.72. The summed E-state index contributed by atoms with van der Waals surface area (Å²) in [5.41, 5.74) is 3.88. The van der Waals surface area contributed by atoms with Crippen molar-refractivity contribution in [1.29, 1.82) is 0 Å². The van der Waals surface area contributed by atoms with Crippen molar-refractivity contribution in [3.8, 4) is 0 Å². The third-order valence-electron chi connectivity index (χ3n) is 3.60. The van der Waals surface area contributed by atoms with Gasteiger partial charge in [0.2, 0.25) is 0 Å². The molecule has 1 N–H and O–H groups in total. The lowest BCUT2D eigenvalue weighted by Crippen LogP contribution is -2.22. The predicted octanol–water partition coefficient (Wildman–Crippen LogP) is 2.21. The highest BCUT2D eigenvalue weighted by Crippen LogP contribution is 2.19. The van der Waals surface area contributed by atoms with Crippen LogP contribution < -0.4 is 0 Å². The Kier molecular flexibility index (Phi) is 3.48. The maximum absolute atomic E-state index is 10.9. The number of rotatable bonds is 3. The number of aryl methyl sites for hydroxylation is 2. The van der Waals surface area contributed by atoms with Crippen LogP contribution in [0.4, 0.5) is 0 Å². The maximum Gasteiger partial charge on any atom is 0.307 e. The fraction of sp³-hybridized carbons (Fsp3) is 0.500. The predicted molar refractivity (Wildman–Crippen MR) is 66.9 cm³/mol. The van der Waals surface area contributed by atoms with Crippen LogP contribution in [0.25, 0.3) is 0 Å². The van der Waals surface area contributed by atoms with Crippen LogP contribution in [0.15, 0.2) is 18.2 Å². The molecule has 1 aliphatic heterocycles. The molecule has 1 unspecified atom stereocenters. The van der Waals surface area contributed by atoms with E-state index in [1.54, 1.807) is 0 Å². The Morgan fingerprint density at radius 1 is 1.41 bits per heavy atom. The number of hydrogen-bond donors (Lipinski definition) is 1. The lowest BCUT2D eigenvalue weighted by atomic mass is 10.1. The van der Waals surface area contributed by atoms with Gasteiger partial charge in [0.1, 0.15) is 0 Å². The molecule has 1 aromatic carbocycles. The molecule has 0 spiro atoms. The third kappa shape index (κ3) is 2.86. The molecule has 0 saturated carbocycles. The summed E-state index contributed by atoms with van der Waals surface area (Å²) >= 11 is 0. The third-order valence-corrected chi connectivity index (χ3v) is 3.60. The van der Waals surface area contributed by atoms with Crippen molar-refractivity contribution >= 4 is 5.97 Å². The van der Waals surface area contributed by atoms with Gasteiger partial charge in [-0.05, 0) is 43.5 Å². The van der Waals surface area contributed by atoms with Crippen molar-refractivity contribution in [2.24, 2.45) is 5.92 Å². The molecule has 0 radical (unpaired) electrons. The lowest BCUT2D eigenvalue weighted by Gasteiger charge is -2.16. The van der Waals surface area contributed by atoms with Crippen LogP contribution in [-0.2, 0) is 11.3 Å². The van der Waals surface area contributed by atoms with Gasteiger partial charge >= 0.3 is 5.97 Å². The molecule has 1 heterocycles. The van der Waals surface area contributed by atoms with E-state index in [9.17, 15) is 4.79 Å². The van der Waals surface area contributed by atoms with E-state index < -0.39 is 5.97 Å². The highest BCUT2D eigenvalue weighted by atomic mass is 16.4. The zero-order chi connectivity index (χ0) is 12.4. The van der Waals surface area contributed by atoms with Crippen molar-refractivity contribution in [3.05, 3.63) is 34.9 Å². The molecule has 0 amide bonds. The van der Waals surface area contributed by atoms with Crippen LogP contribution in [-0.4, -0.2) is 29.1 Å². The molecule has 0 aromatic heterocycles. The SMILES string of the molecule is Cc1ccc(CN2CCC(C(=O)O)C2)cc1C. The minimum atomic E-state index is -0.660. The first-order chi connectivity index (χ1) is 8.06. The first-order valence-corrected chi connectivity index (χ1v) is 6.07. The fourth-order valence-corrected chi connectivity index (χ4v) is 2.34. The number of hydrogen-bond acceptors (Lipinski definition) is 2. The number of carboxylic acid groups (broad SMARTS) is 1. The summed E-state index contributed by atoms with van der Waals surface area (Å²) in [6.07, 6.45) is 0.778. The number of benzene rings is 1. The largest absolute Gasteiger partial charge is 0.481 e. The Hall–Kier alpha value is -1.35. The summed E-state index contributed by atoms with van der Waals surface area (Å²) in [5.74, 6) is -0.839. The molecule has 3 heteroatoms. The molecule has 92 valence electrons. The van der Waals surface area contributed by atoms with Gasteiger partial charge in [-0.3, -0.25) is 9.69 Å². The topological polar surface area (TPSA) is 40.5 Å². The Morgan fingerprint density at radius 3 is 2.76 bits per heavy atom. The summed E-state index contributed by atoms with van der Waals surface area (Å²) in [6, 6.07) is 6.47. The molecule has 17 heavy (non-hydrogen) atoms. The molecule has 1 fully saturated rings. The van der Waals surface area contributed by atoms with Crippen LogP contribution in [0.5, 0.6) is 0 Å². The standard InChI is InChI=1S/C14H19NO2/c1-10-3-4-12(7-11(10)2)8-15-6-5-13(9-15)14(16)17/h3-4,7,13H,5-6,8-9H2,1-2H3,(H,16,17). The van der Waals surface area contributed by atoms with E-state index in [2.05, 4.69) is 36.9 Å². The second-order valence-electron chi connectivity index (χ2n) is 4.98. The van der Waals surface area contributed by atoms with Crippen LogP contribution in [0.1, 0.15) is 23.1 Å². The van der Waals surface area contributed by atoms with Gasteiger partial charge in [-0.15, -0.1) is 0 Å². The number of carboxylic acids is 1. The van der Waals surface area contributed by atoms with Crippen molar-refractivity contribution in [1.82, 2.24) is 4.90 Å². The smallest absolute Gasteiger partial charge is 0.307 e. The summed E-state index contributed by atoms with van der Waals surface area (Å²) in [6.45, 7) is 6.66. The molecule has 0 aliphatic carbocycles. The normalized spacial score (nSPS) is 20.7. The van der Waals surface area contributed by atoms with E-state index in [-0.39, 0.29) is 5.92 Å². The summed E-state index contributed by atoms with van der Waals surface area (Å²) in [7, 11) is 0. The molecule has 3 nitrogen and oxygen atoms in total. The van der Waals surface area contributed by atoms with Crippen molar-refractivity contribution in [3.63, 3.8) is 0 Å². The van der Waals surface area contributed by atoms with Gasteiger partial charge in [0, 0.05) is 13.1 Å². The molecular weight excluding hydrogens is 214 g/mol. The van der Waals surface area contributed by atoms with Gasteiger partial charge in [0.25, 0.3) is 0 Å². The number of nitrogens with zero attached hydrogens (tertiary/aromatic N) is 1. The quantitative estimate of drug-likeness (QED) is 0.870. The van der Waals surface area contributed by atoms with Crippen molar-refractivity contribution < 1.29 is 9.90 Å². The zero-order valence-electron chi connectivity index (χ0n) is 10.4. The van der Waals surface area contributed by atoms with Crippen molar-refractivity contribution in [2.75, 3.05) is 13.1 Å². The zero-order valence-corrected chi connectivity index (χ0v) is 10.4. The fourth-order valence-electron chi connectivity index (χ4n) is 2.34. The number of likely N-dealkylation sites (tertiary alicyclic amines) is 1. The van der Waals surface area contributed by atoms with Gasteiger partial charge in [-0.1, -0.05) is 18.2 Å². The van der Waals surface area contributed by atoms with E-state index >= 15 is 0 Å². The maximum atomic E-state index is 10.9. The highest BCUT2D eigenvalue weighted by molar-refractivity contribution is 5.70. The number of aliphatic carboxylic acids is 1. The molecule has 1 aromatic rings. The van der Waals surface area contributed by atoms with E-state index in [4.69, 9.17) is 5.11 Å². The van der Waals surface area contributed by atoms with Crippen LogP contribution in [0, 0.1) is 19.8 Å². The summed E-state index contributed by atoms with van der Waals surface area (Å²) < 4.78 is 0. The van der Waals surface area contributed by atoms with Gasteiger partial charge in [-0.25, -0.2) is 0 Å². The van der Waals surface area contributed by atoms with Gasteiger partial charge in [0.15, 0.2) is 0 Å². The Labute approximate surface area is 102 Å². The highest BCUT2D eigenvalue weighted by Gasteiger charge is 2.27. The molecule has 1 saturated heterocycles. The molecule has 2 rings (SSSR count). The lowest BCUT2D eigenvalue weighted by molar-refractivity contribution is -0.141. The van der Waals surface area contributed by atoms with Gasteiger partial charge < -0.3 is 5.11 Å². The summed E-state index contributed by atoms with van der Waals surface area (Å²) in [4.78, 5) is 13.1. The first-order valence-electron chi connectivity index (χ1n) is 6.07. The minimum Gasteiger partial charge on any atom is -0.481 e. The second-order valence-corrected chi connectivity index (χ2v) is 4.98. The van der Waals surface area contributed by atoms with Gasteiger partial charge in [-0.2, -0.15) is 0 Å². The van der Waals surface area contributed by atoms with Crippen LogP contribution in [0.3, 0.4) is 0 Å². The Bertz CT molecular complexity index is 428. The van der Waals surface area contributed by atoms with Crippen LogP contribution >= 0.6 is 0 Å². The van der Waals surface area contributed by atoms with Gasteiger partial charge in [0.05, 0.1) is 5.92 Å². The van der Waals surface area contributed by atoms with Crippen molar-refractivity contribution in [2.45, 2.75) is 26.8 Å². The molecule has 1 aliphatic rings. The molecule has 0 bridgehead atoms. The monoisotopic (exact) mass is 233 g/mol.